The third-order valence-electron chi connectivity index (χ3n) is 3.60. The molecule has 0 amide bonds. The molecule has 0 aliphatic heterocycles. The zero-order valence-electron chi connectivity index (χ0n) is 9.44. The van der Waals surface area contributed by atoms with Crippen molar-refractivity contribution in [2.24, 2.45) is 5.92 Å². The molecule has 0 heterocycles. The fourth-order valence-electron chi connectivity index (χ4n) is 2.34. The predicted molar refractivity (Wildman–Crippen MR) is 56.9 cm³/mol. The lowest BCUT2D eigenvalue weighted by Gasteiger charge is -2.38. The quantitative estimate of drug-likeness (QED) is 0.646. The van der Waals surface area contributed by atoms with Crippen molar-refractivity contribution in [3.63, 3.8) is 0 Å². The summed E-state index contributed by atoms with van der Waals surface area (Å²) in [5.74, 6) is 0.921. The molecular formula is C12H24O. The van der Waals surface area contributed by atoms with Gasteiger partial charge in [0, 0.05) is 7.11 Å². The van der Waals surface area contributed by atoms with Crippen molar-refractivity contribution in [3.05, 3.63) is 0 Å². The lowest BCUT2D eigenvalue weighted by molar-refractivity contribution is -0.0548. The van der Waals surface area contributed by atoms with Crippen LogP contribution in [0.3, 0.4) is 0 Å². The van der Waals surface area contributed by atoms with Crippen molar-refractivity contribution in [2.45, 2.75) is 64.4 Å². The Labute approximate surface area is 82.9 Å². The predicted octanol–water partition coefficient (Wildman–Crippen LogP) is 3.77. The van der Waals surface area contributed by atoms with Crippen LogP contribution < -0.4 is 0 Å². The normalized spacial score (nSPS) is 34.8. The molecule has 0 N–H and O–H groups in total. The van der Waals surface area contributed by atoms with Gasteiger partial charge in [-0.05, 0) is 38.0 Å². The van der Waals surface area contributed by atoms with Gasteiger partial charge in [-0.3, -0.25) is 0 Å². The molecule has 1 saturated carbocycles. The summed E-state index contributed by atoms with van der Waals surface area (Å²) in [6.07, 6.45) is 9.17. The second-order valence-corrected chi connectivity index (χ2v) is 4.67. The number of ether oxygens (including phenoxy) is 1. The number of methoxy groups -OCH3 is 1. The van der Waals surface area contributed by atoms with Crippen molar-refractivity contribution >= 4 is 0 Å². The Hall–Kier alpha value is -0.0400. The molecule has 0 aromatic rings. The second kappa shape index (κ2) is 4.99. The van der Waals surface area contributed by atoms with Gasteiger partial charge < -0.3 is 4.74 Å². The van der Waals surface area contributed by atoms with Crippen LogP contribution in [-0.2, 0) is 4.74 Å². The third kappa shape index (κ3) is 2.98. The first-order valence-electron chi connectivity index (χ1n) is 5.77. The fraction of sp³-hybridized carbons (Fsp3) is 1.00. The van der Waals surface area contributed by atoms with E-state index in [-0.39, 0.29) is 5.60 Å². The van der Waals surface area contributed by atoms with E-state index in [2.05, 4.69) is 13.8 Å². The van der Waals surface area contributed by atoms with Crippen LogP contribution in [0.15, 0.2) is 0 Å². The number of hydrogen-bond acceptors (Lipinski definition) is 1. The summed E-state index contributed by atoms with van der Waals surface area (Å²) in [7, 11) is 1.89. The van der Waals surface area contributed by atoms with Crippen molar-refractivity contribution < 1.29 is 4.74 Å². The molecule has 1 fully saturated rings. The van der Waals surface area contributed by atoms with Crippen LogP contribution in [0, 0.1) is 5.92 Å². The van der Waals surface area contributed by atoms with Gasteiger partial charge in [-0.15, -0.1) is 0 Å². The van der Waals surface area contributed by atoms with Crippen LogP contribution >= 0.6 is 0 Å². The summed E-state index contributed by atoms with van der Waals surface area (Å²) in [6, 6.07) is 0. The Balaban J connectivity index is 2.40. The molecule has 1 rings (SSSR count). The SMILES string of the molecule is CCCCC1(OC)CCC(C)CC1. The highest BCUT2D eigenvalue weighted by Gasteiger charge is 2.33. The highest BCUT2D eigenvalue weighted by molar-refractivity contribution is 4.85. The molecule has 78 valence electrons. The average molecular weight is 184 g/mol. The van der Waals surface area contributed by atoms with Crippen LogP contribution in [0.1, 0.15) is 58.8 Å². The summed E-state index contributed by atoms with van der Waals surface area (Å²) in [4.78, 5) is 0. The van der Waals surface area contributed by atoms with Crippen molar-refractivity contribution in [2.75, 3.05) is 7.11 Å². The van der Waals surface area contributed by atoms with Gasteiger partial charge >= 0.3 is 0 Å². The summed E-state index contributed by atoms with van der Waals surface area (Å²) < 4.78 is 5.73. The van der Waals surface area contributed by atoms with Gasteiger partial charge in [0.05, 0.1) is 5.60 Å². The summed E-state index contributed by atoms with van der Waals surface area (Å²) >= 11 is 0. The molecule has 0 spiro atoms. The topological polar surface area (TPSA) is 9.23 Å². The minimum atomic E-state index is 0.252. The van der Waals surface area contributed by atoms with Crippen LogP contribution in [-0.4, -0.2) is 12.7 Å². The molecule has 0 bridgehead atoms. The molecule has 1 heteroatoms. The molecule has 0 unspecified atom stereocenters. The summed E-state index contributed by atoms with van der Waals surface area (Å²) in [5, 5.41) is 0. The van der Waals surface area contributed by atoms with Gasteiger partial charge in [0.25, 0.3) is 0 Å². The molecule has 1 aliphatic carbocycles. The smallest absolute Gasteiger partial charge is 0.0679 e. The third-order valence-corrected chi connectivity index (χ3v) is 3.60. The molecule has 0 saturated heterocycles. The molecule has 1 aliphatic rings. The minimum Gasteiger partial charge on any atom is -0.378 e. The number of unbranched alkanes of at least 4 members (excludes halogenated alkanes) is 1. The highest BCUT2D eigenvalue weighted by atomic mass is 16.5. The van der Waals surface area contributed by atoms with Crippen LogP contribution in [0.25, 0.3) is 0 Å². The lowest BCUT2D eigenvalue weighted by atomic mass is 9.77. The van der Waals surface area contributed by atoms with E-state index in [9.17, 15) is 0 Å². The standard InChI is InChI=1S/C12H24O/c1-4-5-8-12(13-3)9-6-11(2)7-10-12/h11H,4-10H2,1-3H3. The molecule has 1 nitrogen and oxygen atoms in total. The Bertz CT molecular complexity index is 129. The van der Waals surface area contributed by atoms with E-state index in [1.807, 2.05) is 7.11 Å². The van der Waals surface area contributed by atoms with Crippen LogP contribution in [0.2, 0.25) is 0 Å². The Morgan fingerprint density at radius 2 is 1.92 bits per heavy atom. The summed E-state index contributed by atoms with van der Waals surface area (Å²) in [5.41, 5.74) is 0.252. The largest absolute Gasteiger partial charge is 0.378 e. The number of hydrogen-bond donors (Lipinski definition) is 0. The van der Waals surface area contributed by atoms with Gasteiger partial charge in [0.1, 0.15) is 0 Å². The zero-order valence-corrected chi connectivity index (χ0v) is 9.44. The van der Waals surface area contributed by atoms with E-state index in [1.54, 1.807) is 0 Å². The maximum atomic E-state index is 5.73. The Morgan fingerprint density at radius 1 is 1.31 bits per heavy atom. The molecule has 0 radical (unpaired) electrons. The van der Waals surface area contributed by atoms with Gasteiger partial charge in [-0.2, -0.15) is 0 Å². The van der Waals surface area contributed by atoms with Crippen LogP contribution in [0.5, 0.6) is 0 Å². The van der Waals surface area contributed by atoms with Crippen molar-refractivity contribution in [3.8, 4) is 0 Å². The second-order valence-electron chi connectivity index (χ2n) is 4.67. The molecule has 0 aromatic heterocycles. The van der Waals surface area contributed by atoms with E-state index in [0.29, 0.717) is 0 Å². The van der Waals surface area contributed by atoms with Crippen molar-refractivity contribution in [1.29, 1.82) is 0 Å². The van der Waals surface area contributed by atoms with E-state index in [4.69, 9.17) is 4.74 Å². The fourth-order valence-corrected chi connectivity index (χ4v) is 2.34. The number of rotatable bonds is 4. The lowest BCUT2D eigenvalue weighted by Crippen LogP contribution is -2.35. The molecular weight excluding hydrogens is 160 g/mol. The van der Waals surface area contributed by atoms with Crippen molar-refractivity contribution in [1.82, 2.24) is 0 Å². The molecule has 0 aromatic carbocycles. The van der Waals surface area contributed by atoms with Gasteiger partial charge in [-0.25, -0.2) is 0 Å². The Morgan fingerprint density at radius 3 is 2.38 bits per heavy atom. The first-order valence-corrected chi connectivity index (χ1v) is 5.77. The molecule has 13 heavy (non-hydrogen) atoms. The first-order chi connectivity index (χ1) is 6.22. The zero-order chi connectivity index (χ0) is 9.73. The van der Waals surface area contributed by atoms with E-state index < -0.39 is 0 Å². The van der Waals surface area contributed by atoms with Gasteiger partial charge in [-0.1, -0.05) is 26.7 Å². The van der Waals surface area contributed by atoms with Crippen LogP contribution in [0.4, 0.5) is 0 Å². The highest BCUT2D eigenvalue weighted by Crippen LogP contribution is 2.37. The summed E-state index contributed by atoms with van der Waals surface area (Å²) in [6.45, 7) is 4.62. The van der Waals surface area contributed by atoms with E-state index >= 15 is 0 Å². The monoisotopic (exact) mass is 184 g/mol. The first kappa shape index (κ1) is 11.0. The van der Waals surface area contributed by atoms with E-state index in [0.717, 1.165) is 5.92 Å². The maximum Gasteiger partial charge on any atom is 0.0679 e. The van der Waals surface area contributed by atoms with E-state index in [1.165, 1.54) is 44.9 Å². The maximum absolute atomic E-state index is 5.73. The average Bonchev–Trinajstić information content (AvgIpc) is 2.18. The molecule has 0 atom stereocenters. The minimum absolute atomic E-state index is 0.252. The van der Waals surface area contributed by atoms with Gasteiger partial charge in [0.2, 0.25) is 0 Å². The Kier molecular flexibility index (Phi) is 4.24. The van der Waals surface area contributed by atoms with Gasteiger partial charge in [0.15, 0.2) is 0 Å².